The predicted molar refractivity (Wildman–Crippen MR) is 59.1 cm³/mol. The molecule has 0 saturated carbocycles. The highest BCUT2D eigenvalue weighted by atomic mass is 16.1. The van der Waals surface area contributed by atoms with Gasteiger partial charge in [-0.3, -0.25) is 0 Å². The van der Waals surface area contributed by atoms with Crippen LogP contribution in [0.5, 0.6) is 0 Å². The molecule has 2 unspecified atom stereocenters. The van der Waals surface area contributed by atoms with Gasteiger partial charge in [0.25, 0.3) is 0 Å². The molecule has 0 spiro atoms. The number of nitrogens with zero attached hydrogens (tertiary/aromatic N) is 1. The molecule has 0 bridgehead atoms. The summed E-state index contributed by atoms with van der Waals surface area (Å²) < 4.78 is 0. The van der Waals surface area contributed by atoms with Crippen LogP contribution in [-0.4, -0.2) is 22.8 Å². The third-order valence-corrected chi connectivity index (χ3v) is 3.29. The van der Waals surface area contributed by atoms with Gasteiger partial charge in [-0.1, -0.05) is 12.5 Å². The molecule has 0 aromatic carbocycles. The van der Waals surface area contributed by atoms with Crippen LogP contribution < -0.4 is 0 Å². The molecule has 1 rings (SSSR count). The van der Waals surface area contributed by atoms with Crippen molar-refractivity contribution in [3.63, 3.8) is 0 Å². The van der Waals surface area contributed by atoms with Crippen molar-refractivity contribution in [3.8, 4) is 0 Å². The summed E-state index contributed by atoms with van der Waals surface area (Å²) in [5, 5.41) is 0. The molecule has 0 radical (unpaired) electrons. The summed E-state index contributed by atoms with van der Waals surface area (Å²) >= 11 is 0. The van der Waals surface area contributed by atoms with Crippen molar-refractivity contribution in [1.82, 2.24) is 4.90 Å². The normalized spacial score (nSPS) is 29.7. The molecule has 0 aromatic rings. The molecular weight excluding hydrogens is 174 g/mol. The van der Waals surface area contributed by atoms with Gasteiger partial charge in [0, 0.05) is 6.04 Å². The largest absolute Gasteiger partial charge is 0.363 e. The first-order valence-corrected chi connectivity index (χ1v) is 5.45. The lowest BCUT2D eigenvalue weighted by molar-refractivity contribution is -0.118. The second-order valence-corrected chi connectivity index (χ2v) is 4.62. The van der Waals surface area contributed by atoms with Gasteiger partial charge in [-0.2, -0.15) is 0 Å². The van der Waals surface area contributed by atoms with E-state index in [-0.39, 0.29) is 5.54 Å². The highest BCUT2D eigenvalue weighted by Gasteiger charge is 2.34. The Balaban J connectivity index is 2.93. The molecule has 0 amide bonds. The number of hydrogen-bond donors (Lipinski definition) is 0. The average Bonchev–Trinajstić information content (AvgIpc) is 2.21. The van der Waals surface area contributed by atoms with E-state index in [1.807, 2.05) is 6.92 Å². The zero-order valence-electron chi connectivity index (χ0n) is 9.71. The molecule has 2 atom stereocenters. The molecule has 14 heavy (non-hydrogen) atoms. The van der Waals surface area contributed by atoms with Crippen LogP contribution in [0.25, 0.3) is 0 Å². The third kappa shape index (κ3) is 1.99. The quantitative estimate of drug-likeness (QED) is 0.645. The lowest BCUT2D eigenvalue weighted by Crippen LogP contribution is -2.50. The Hall–Kier alpha value is -0.790. The van der Waals surface area contributed by atoms with Gasteiger partial charge in [0.2, 0.25) is 0 Å². The summed E-state index contributed by atoms with van der Waals surface area (Å²) in [6.07, 6.45) is 6.33. The number of carbonyl (C=O) groups is 1. The minimum Gasteiger partial charge on any atom is -0.363 e. The maximum atomic E-state index is 11.1. The molecule has 1 aliphatic heterocycles. The van der Waals surface area contributed by atoms with Gasteiger partial charge in [0.15, 0.2) is 0 Å². The van der Waals surface area contributed by atoms with Crippen molar-refractivity contribution in [2.24, 2.45) is 0 Å². The fraction of sp³-hybridized carbons (Fsp3) is 0.750. The molecule has 1 aliphatic rings. The first-order valence-electron chi connectivity index (χ1n) is 5.45. The van der Waals surface area contributed by atoms with Crippen LogP contribution in [0.1, 0.15) is 47.0 Å². The topological polar surface area (TPSA) is 20.3 Å². The van der Waals surface area contributed by atoms with E-state index in [4.69, 9.17) is 0 Å². The second-order valence-electron chi connectivity index (χ2n) is 4.62. The number of aldehydes is 1. The Morgan fingerprint density at radius 2 is 2.36 bits per heavy atom. The summed E-state index contributed by atoms with van der Waals surface area (Å²) in [5.74, 6) is 0. The molecule has 0 saturated heterocycles. The van der Waals surface area contributed by atoms with E-state index < -0.39 is 0 Å². The average molecular weight is 195 g/mol. The lowest BCUT2D eigenvalue weighted by Gasteiger charge is -2.44. The van der Waals surface area contributed by atoms with Crippen molar-refractivity contribution in [1.29, 1.82) is 0 Å². The zero-order valence-corrected chi connectivity index (χ0v) is 9.71. The van der Waals surface area contributed by atoms with Crippen molar-refractivity contribution in [2.75, 3.05) is 0 Å². The first-order chi connectivity index (χ1) is 6.53. The molecule has 0 fully saturated rings. The Bertz CT molecular complexity index is 247. The minimum absolute atomic E-state index is 0.283. The summed E-state index contributed by atoms with van der Waals surface area (Å²) in [5.41, 5.74) is 1.10. The van der Waals surface area contributed by atoms with Crippen LogP contribution >= 0.6 is 0 Å². The van der Waals surface area contributed by atoms with Crippen molar-refractivity contribution in [3.05, 3.63) is 11.8 Å². The maximum absolute atomic E-state index is 11.1. The Morgan fingerprint density at radius 3 is 2.86 bits per heavy atom. The van der Waals surface area contributed by atoms with Crippen LogP contribution in [0.4, 0.5) is 0 Å². The highest BCUT2D eigenvalue weighted by Crippen LogP contribution is 2.30. The SMILES string of the molecule is CCC(C)N1C=C(C)CCC1(C)C=O. The number of carbonyl (C=O) groups excluding carboxylic acids is 1. The third-order valence-electron chi connectivity index (χ3n) is 3.29. The molecule has 1 heterocycles. The number of rotatable bonds is 3. The zero-order chi connectivity index (χ0) is 10.8. The van der Waals surface area contributed by atoms with Crippen LogP contribution in [0.3, 0.4) is 0 Å². The Kier molecular flexibility index (Phi) is 3.35. The monoisotopic (exact) mass is 195 g/mol. The van der Waals surface area contributed by atoms with E-state index in [2.05, 4.69) is 31.9 Å². The second kappa shape index (κ2) is 4.16. The van der Waals surface area contributed by atoms with Gasteiger partial charge >= 0.3 is 0 Å². The van der Waals surface area contributed by atoms with Crippen LogP contribution in [0, 0.1) is 0 Å². The number of hydrogen-bond acceptors (Lipinski definition) is 2. The maximum Gasteiger partial charge on any atom is 0.145 e. The number of allylic oxidation sites excluding steroid dienone is 1. The molecule has 80 valence electrons. The van der Waals surface area contributed by atoms with Crippen molar-refractivity contribution < 1.29 is 4.79 Å². The Labute approximate surface area is 87.0 Å². The van der Waals surface area contributed by atoms with E-state index in [9.17, 15) is 4.79 Å². The van der Waals surface area contributed by atoms with Gasteiger partial charge in [0.1, 0.15) is 6.29 Å². The standard InChI is InChI=1S/C12H21NO/c1-5-11(3)13-8-10(2)6-7-12(13,4)9-14/h8-9,11H,5-7H2,1-4H3. The molecule has 2 nitrogen and oxygen atoms in total. The van der Waals surface area contributed by atoms with E-state index >= 15 is 0 Å². The fourth-order valence-corrected chi connectivity index (χ4v) is 1.98. The summed E-state index contributed by atoms with van der Waals surface area (Å²) in [4.78, 5) is 13.4. The van der Waals surface area contributed by atoms with Gasteiger partial charge < -0.3 is 9.69 Å². The van der Waals surface area contributed by atoms with Crippen molar-refractivity contribution >= 4 is 6.29 Å². The summed E-state index contributed by atoms with van der Waals surface area (Å²) in [6.45, 7) is 8.51. The van der Waals surface area contributed by atoms with Gasteiger partial charge in [-0.05, 0) is 46.2 Å². The van der Waals surface area contributed by atoms with E-state index in [1.54, 1.807) is 0 Å². The van der Waals surface area contributed by atoms with Gasteiger partial charge in [-0.25, -0.2) is 0 Å². The van der Waals surface area contributed by atoms with E-state index in [1.165, 1.54) is 5.57 Å². The van der Waals surface area contributed by atoms with E-state index in [0.717, 1.165) is 25.5 Å². The molecule has 2 heteroatoms. The van der Waals surface area contributed by atoms with Gasteiger partial charge in [0.05, 0.1) is 5.54 Å². The minimum atomic E-state index is -0.283. The van der Waals surface area contributed by atoms with Crippen LogP contribution in [0.15, 0.2) is 11.8 Å². The van der Waals surface area contributed by atoms with Crippen LogP contribution in [-0.2, 0) is 4.79 Å². The molecule has 0 aliphatic carbocycles. The predicted octanol–water partition coefficient (Wildman–Crippen LogP) is 2.74. The van der Waals surface area contributed by atoms with E-state index in [0.29, 0.717) is 6.04 Å². The fourth-order valence-electron chi connectivity index (χ4n) is 1.98. The lowest BCUT2D eigenvalue weighted by atomic mass is 9.88. The Morgan fingerprint density at radius 1 is 1.71 bits per heavy atom. The summed E-state index contributed by atoms with van der Waals surface area (Å²) in [7, 11) is 0. The molecule has 0 N–H and O–H groups in total. The van der Waals surface area contributed by atoms with Gasteiger partial charge in [-0.15, -0.1) is 0 Å². The smallest absolute Gasteiger partial charge is 0.145 e. The highest BCUT2D eigenvalue weighted by molar-refractivity contribution is 5.64. The van der Waals surface area contributed by atoms with Crippen molar-refractivity contribution in [2.45, 2.75) is 58.5 Å². The molecular formula is C12H21NO. The first kappa shape index (κ1) is 11.3. The summed E-state index contributed by atoms with van der Waals surface area (Å²) in [6, 6.07) is 0.445. The van der Waals surface area contributed by atoms with Crippen LogP contribution in [0.2, 0.25) is 0 Å². The molecule has 0 aromatic heterocycles.